The van der Waals surface area contributed by atoms with Crippen molar-refractivity contribution in [1.29, 1.82) is 0 Å². The summed E-state index contributed by atoms with van der Waals surface area (Å²) < 4.78 is 5.53. The second-order valence-corrected chi connectivity index (χ2v) is 13.4. The molecule has 3 fully saturated rings. The Balaban J connectivity index is 1.33. The van der Waals surface area contributed by atoms with Gasteiger partial charge in [0, 0.05) is 5.92 Å². The molecular weight excluding hydrogens is 618 g/mol. The van der Waals surface area contributed by atoms with Gasteiger partial charge in [-0.05, 0) is 73.2 Å². The van der Waals surface area contributed by atoms with Crippen LogP contribution in [-0.4, -0.2) is 40.9 Å². The molecule has 0 radical (unpaired) electrons. The van der Waals surface area contributed by atoms with Crippen molar-refractivity contribution in [2.24, 2.45) is 23.7 Å². The number of carbonyl (C=O) groups is 4. The summed E-state index contributed by atoms with van der Waals surface area (Å²) in [6, 6.07) is 30.7. The zero-order valence-electron chi connectivity index (χ0n) is 27.1. The van der Waals surface area contributed by atoms with E-state index in [0.29, 0.717) is 28.9 Å². The van der Waals surface area contributed by atoms with Crippen LogP contribution in [0.2, 0.25) is 0 Å². The van der Waals surface area contributed by atoms with Crippen LogP contribution in [0.1, 0.15) is 35.4 Å². The molecule has 2 heterocycles. The van der Waals surface area contributed by atoms with Crippen LogP contribution in [0.3, 0.4) is 0 Å². The van der Waals surface area contributed by atoms with Crippen molar-refractivity contribution in [3.63, 3.8) is 0 Å². The zero-order chi connectivity index (χ0) is 34.0. The minimum absolute atomic E-state index is 0.0619. The first-order chi connectivity index (χ1) is 23.7. The molecule has 2 aliphatic carbocycles. The highest BCUT2D eigenvalue weighted by atomic mass is 16.5. The van der Waals surface area contributed by atoms with Gasteiger partial charge in [0.25, 0.3) is 11.8 Å². The number of nitrogens with one attached hydrogen (secondary N) is 1. The molecule has 2 aliphatic heterocycles. The number of amides is 4. The molecule has 0 spiro atoms. The third kappa shape index (κ3) is 4.45. The van der Waals surface area contributed by atoms with Gasteiger partial charge in [0.1, 0.15) is 0 Å². The normalized spacial score (nSPS) is 27.4. The van der Waals surface area contributed by atoms with Crippen LogP contribution in [0.15, 0.2) is 115 Å². The van der Waals surface area contributed by atoms with Gasteiger partial charge in [0.2, 0.25) is 11.8 Å². The Morgan fingerprint density at radius 3 is 2.20 bits per heavy atom. The second-order valence-electron chi connectivity index (χ2n) is 13.4. The first-order valence-electron chi connectivity index (χ1n) is 16.5. The molecular formula is C40H35N3O6. The molecule has 4 amide bonds. The van der Waals surface area contributed by atoms with Gasteiger partial charge in [0.15, 0.2) is 11.5 Å². The van der Waals surface area contributed by atoms with E-state index in [2.05, 4.69) is 5.43 Å². The lowest BCUT2D eigenvalue weighted by Gasteiger charge is -2.50. The number of methoxy groups -OCH3 is 1. The molecule has 4 aromatic rings. The number of nitrogens with zero attached hydrogens (tertiary/aromatic N) is 2. The number of ether oxygens (including phenoxy) is 1. The number of imide groups is 2. The first kappa shape index (κ1) is 30.6. The Morgan fingerprint density at radius 2 is 1.51 bits per heavy atom. The minimum atomic E-state index is -1.40. The Hall–Kier alpha value is -5.70. The van der Waals surface area contributed by atoms with Crippen molar-refractivity contribution in [3.05, 3.63) is 131 Å². The van der Waals surface area contributed by atoms with E-state index in [4.69, 9.17) is 4.74 Å². The lowest BCUT2D eigenvalue weighted by Crippen LogP contribution is -2.53. The fourth-order valence-electron chi connectivity index (χ4n) is 8.83. The van der Waals surface area contributed by atoms with Crippen LogP contribution < -0.4 is 15.1 Å². The van der Waals surface area contributed by atoms with Crippen LogP contribution >= 0.6 is 0 Å². The molecule has 8 rings (SSSR count). The third-order valence-corrected chi connectivity index (χ3v) is 10.9. The van der Waals surface area contributed by atoms with Gasteiger partial charge in [0.05, 0.1) is 41.7 Å². The number of allylic oxidation sites excluding steroid dienone is 2. The average molecular weight is 654 g/mol. The number of phenols is 1. The van der Waals surface area contributed by atoms with Crippen LogP contribution in [0.5, 0.6) is 11.5 Å². The number of hydrogen-bond acceptors (Lipinski definition) is 7. The van der Waals surface area contributed by atoms with Gasteiger partial charge >= 0.3 is 0 Å². The average Bonchev–Trinajstić information content (AvgIpc) is 3.51. The van der Waals surface area contributed by atoms with Gasteiger partial charge in [-0.3, -0.25) is 29.5 Å². The summed E-state index contributed by atoms with van der Waals surface area (Å²) in [5.74, 6) is -4.57. The lowest BCUT2D eigenvalue weighted by atomic mass is 9.49. The van der Waals surface area contributed by atoms with Crippen LogP contribution in [0, 0.1) is 30.6 Å². The smallest absolute Gasteiger partial charge is 0.260 e. The molecule has 1 saturated carbocycles. The highest BCUT2D eigenvalue weighted by Crippen LogP contribution is 2.64. The summed E-state index contributed by atoms with van der Waals surface area (Å²) in [6.07, 6.45) is 2.54. The number of phenolic OH excluding ortho intramolecular Hbond substituents is 1. The highest BCUT2D eigenvalue weighted by molar-refractivity contribution is 6.22. The molecule has 2 saturated heterocycles. The van der Waals surface area contributed by atoms with E-state index in [1.807, 2.05) is 73.7 Å². The molecule has 9 heteroatoms. The Morgan fingerprint density at radius 1 is 0.816 bits per heavy atom. The standard InChI is InChI=1S/C40H35N3O6/c1-23-13-16-26(17-14-23)41-43-37(46)31-22-30-28(18-19-29-34(30)38(47)42(36(29)45)27-11-7-4-8-12-27)35(24-15-20-32(44)33(21-24)49-2)40(31,39(43)48)25-9-5-3-6-10-25/h3-18,20-21,29-31,34-35,41,44H,19,22H2,1-2H3/t29-,30+,31-,34-,35-,40+/m0/s1. The molecule has 49 heavy (non-hydrogen) atoms. The van der Waals surface area contributed by atoms with Gasteiger partial charge in [-0.25, -0.2) is 0 Å². The maximum Gasteiger partial charge on any atom is 0.260 e. The van der Waals surface area contributed by atoms with Crippen molar-refractivity contribution in [3.8, 4) is 11.5 Å². The maximum atomic E-state index is 15.2. The van der Waals surface area contributed by atoms with Crippen molar-refractivity contribution >= 4 is 35.0 Å². The molecule has 0 bridgehead atoms. The molecule has 246 valence electrons. The van der Waals surface area contributed by atoms with Crippen LogP contribution in [0.4, 0.5) is 11.4 Å². The van der Waals surface area contributed by atoms with Crippen molar-refractivity contribution in [1.82, 2.24) is 5.01 Å². The Bertz CT molecular complexity index is 2030. The summed E-state index contributed by atoms with van der Waals surface area (Å²) in [5.41, 5.74) is 6.02. The van der Waals surface area contributed by atoms with E-state index >= 15 is 4.79 Å². The predicted octanol–water partition coefficient (Wildman–Crippen LogP) is 5.90. The van der Waals surface area contributed by atoms with Gasteiger partial charge in [-0.15, -0.1) is 0 Å². The van der Waals surface area contributed by atoms with E-state index in [1.165, 1.54) is 18.1 Å². The number of anilines is 2. The van der Waals surface area contributed by atoms with E-state index < -0.39 is 46.8 Å². The number of fused-ring (bicyclic) bond motifs is 4. The van der Waals surface area contributed by atoms with E-state index in [1.54, 1.807) is 36.4 Å². The van der Waals surface area contributed by atoms with E-state index in [-0.39, 0.29) is 29.7 Å². The second kappa shape index (κ2) is 11.5. The monoisotopic (exact) mass is 653 g/mol. The number of benzene rings is 4. The number of rotatable bonds is 6. The summed E-state index contributed by atoms with van der Waals surface area (Å²) in [5, 5.41) is 11.8. The van der Waals surface area contributed by atoms with Crippen LogP contribution in [-0.2, 0) is 24.6 Å². The van der Waals surface area contributed by atoms with Crippen molar-refractivity contribution in [2.75, 3.05) is 17.4 Å². The van der Waals surface area contributed by atoms with Gasteiger partial charge < -0.3 is 9.84 Å². The van der Waals surface area contributed by atoms with Crippen molar-refractivity contribution in [2.45, 2.75) is 31.1 Å². The van der Waals surface area contributed by atoms with E-state index in [0.717, 1.165) is 16.1 Å². The molecule has 4 aliphatic rings. The number of hydrogen-bond donors (Lipinski definition) is 2. The quantitative estimate of drug-likeness (QED) is 0.197. The molecule has 0 aromatic heterocycles. The number of hydrazine groups is 1. The SMILES string of the molecule is COc1cc([C@H]2C3=CC[C@@H]4C(=O)N(c5ccccc5)C(=O)[C@@H]4[C@@H]3C[C@H]3C(=O)N(Nc4ccc(C)cc4)C(=O)[C@@]23c2ccccc2)ccc1O. The topological polar surface area (TPSA) is 116 Å². The van der Waals surface area contributed by atoms with Gasteiger partial charge in [-0.2, -0.15) is 5.01 Å². The number of aryl methyl sites for hydroxylation is 1. The molecule has 9 nitrogen and oxygen atoms in total. The lowest BCUT2D eigenvalue weighted by molar-refractivity contribution is -0.138. The number of carbonyl (C=O) groups excluding carboxylic acids is 4. The van der Waals surface area contributed by atoms with E-state index in [9.17, 15) is 19.5 Å². The molecule has 4 aromatic carbocycles. The maximum absolute atomic E-state index is 15.2. The molecule has 2 N–H and O–H groups in total. The number of aromatic hydroxyl groups is 1. The summed E-state index contributed by atoms with van der Waals surface area (Å²) in [7, 11) is 1.46. The molecule has 6 atom stereocenters. The van der Waals surface area contributed by atoms with Gasteiger partial charge in [-0.1, -0.05) is 83.9 Å². The molecule has 0 unspecified atom stereocenters. The number of para-hydroxylation sites is 1. The Kier molecular flexibility index (Phi) is 7.17. The highest BCUT2D eigenvalue weighted by Gasteiger charge is 2.70. The summed E-state index contributed by atoms with van der Waals surface area (Å²) in [6.45, 7) is 1.96. The fourth-order valence-corrected chi connectivity index (χ4v) is 8.83. The zero-order valence-corrected chi connectivity index (χ0v) is 27.1. The fraction of sp³-hybridized carbons (Fsp3) is 0.250. The Labute approximate surface area is 283 Å². The first-order valence-corrected chi connectivity index (χ1v) is 16.5. The minimum Gasteiger partial charge on any atom is -0.504 e. The largest absolute Gasteiger partial charge is 0.504 e. The summed E-state index contributed by atoms with van der Waals surface area (Å²) >= 11 is 0. The van der Waals surface area contributed by atoms with Crippen molar-refractivity contribution < 1.29 is 29.0 Å². The predicted molar refractivity (Wildman–Crippen MR) is 182 cm³/mol. The third-order valence-electron chi connectivity index (χ3n) is 10.9. The van der Waals surface area contributed by atoms with Crippen LogP contribution in [0.25, 0.3) is 0 Å². The summed E-state index contributed by atoms with van der Waals surface area (Å²) in [4.78, 5) is 59.5.